The number of amides is 1. The molecule has 0 saturated carbocycles. The van der Waals surface area contributed by atoms with Gasteiger partial charge in [0.1, 0.15) is 6.61 Å². The van der Waals surface area contributed by atoms with E-state index < -0.39 is 0 Å². The molecule has 0 aliphatic heterocycles. The highest BCUT2D eigenvalue weighted by Gasteiger charge is 2.09. The minimum absolute atomic E-state index is 0.0599. The molecule has 1 amide bonds. The Morgan fingerprint density at radius 1 is 1.56 bits per heavy atom. The van der Waals surface area contributed by atoms with Crippen molar-refractivity contribution >= 4 is 28.9 Å². The van der Waals surface area contributed by atoms with Crippen LogP contribution in [0.15, 0.2) is 18.2 Å². The molecule has 0 bridgehead atoms. The van der Waals surface area contributed by atoms with E-state index in [0.717, 1.165) is 0 Å². The molecule has 3 N–H and O–H groups in total. The predicted octanol–water partition coefficient (Wildman–Crippen LogP) is 1.91. The normalized spacial score (nSPS) is 12.2. The molecule has 1 aromatic rings. The number of nitrogen functional groups attached to an aromatic ring is 1. The molecule has 1 aromatic carbocycles. The van der Waals surface area contributed by atoms with E-state index in [1.54, 1.807) is 25.3 Å². The second-order valence-electron chi connectivity index (χ2n) is 3.86. The summed E-state index contributed by atoms with van der Waals surface area (Å²) in [6.45, 7) is 2.20. The molecular weight excluding hydrogens is 256 g/mol. The van der Waals surface area contributed by atoms with Gasteiger partial charge in [0.25, 0.3) is 0 Å². The summed E-state index contributed by atoms with van der Waals surface area (Å²) in [5.41, 5.74) is 6.61. The summed E-state index contributed by atoms with van der Waals surface area (Å²) in [5, 5.41) is 3.06. The molecule has 18 heavy (non-hydrogen) atoms. The van der Waals surface area contributed by atoms with Crippen molar-refractivity contribution in [3.8, 4) is 0 Å². The van der Waals surface area contributed by atoms with E-state index in [1.807, 2.05) is 6.92 Å². The number of hydrogen-bond acceptors (Lipinski definition) is 4. The molecule has 0 aliphatic rings. The van der Waals surface area contributed by atoms with Gasteiger partial charge in [-0.05, 0) is 25.1 Å². The van der Waals surface area contributed by atoms with Crippen LogP contribution in [0.5, 0.6) is 0 Å². The van der Waals surface area contributed by atoms with E-state index in [0.29, 0.717) is 23.0 Å². The number of ether oxygens (including phenoxy) is 2. The fourth-order valence-electron chi connectivity index (χ4n) is 1.33. The van der Waals surface area contributed by atoms with Crippen LogP contribution in [0.1, 0.15) is 6.92 Å². The number of anilines is 2. The number of benzene rings is 1. The topological polar surface area (TPSA) is 73.6 Å². The van der Waals surface area contributed by atoms with E-state index in [4.69, 9.17) is 26.8 Å². The van der Waals surface area contributed by atoms with Crippen molar-refractivity contribution in [1.29, 1.82) is 0 Å². The molecule has 1 atom stereocenters. The number of nitrogens with two attached hydrogens (primary N) is 1. The Kier molecular flexibility index (Phi) is 5.91. The monoisotopic (exact) mass is 272 g/mol. The van der Waals surface area contributed by atoms with Crippen molar-refractivity contribution in [2.24, 2.45) is 0 Å². The first-order chi connectivity index (χ1) is 8.52. The summed E-state index contributed by atoms with van der Waals surface area (Å²) >= 11 is 5.92. The zero-order chi connectivity index (χ0) is 13.5. The molecule has 0 saturated heterocycles. The van der Waals surface area contributed by atoms with Gasteiger partial charge in [0, 0.05) is 12.8 Å². The van der Waals surface area contributed by atoms with Gasteiger partial charge in [0.2, 0.25) is 5.91 Å². The van der Waals surface area contributed by atoms with Crippen LogP contribution in [0, 0.1) is 0 Å². The number of halogens is 1. The third-order valence-electron chi connectivity index (χ3n) is 2.16. The minimum Gasteiger partial charge on any atom is -0.399 e. The van der Waals surface area contributed by atoms with Crippen molar-refractivity contribution in [3.05, 3.63) is 23.2 Å². The Morgan fingerprint density at radius 3 is 2.94 bits per heavy atom. The van der Waals surface area contributed by atoms with Crippen LogP contribution in [0.25, 0.3) is 0 Å². The lowest BCUT2D eigenvalue weighted by Crippen LogP contribution is -2.24. The van der Waals surface area contributed by atoms with Crippen LogP contribution >= 0.6 is 11.6 Å². The summed E-state index contributed by atoms with van der Waals surface area (Å²) in [5.74, 6) is -0.287. The Morgan fingerprint density at radius 2 is 2.28 bits per heavy atom. The standard InChI is InChI=1S/C12H17ClN2O3/c1-8(6-17-2)18-7-12(16)15-11-5-9(14)3-4-10(11)13/h3-5,8H,6-7,14H2,1-2H3,(H,15,16). The fourth-order valence-corrected chi connectivity index (χ4v) is 1.49. The second-order valence-corrected chi connectivity index (χ2v) is 4.27. The second kappa shape index (κ2) is 7.20. The van der Waals surface area contributed by atoms with Crippen LogP contribution in [-0.2, 0) is 14.3 Å². The van der Waals surface area contributed by atoms with Crippen LogP contribution in [0.4, 0.5) is 11.4 Å². The molecule has 0 spiro atoms. The molecule has 0 fully saturated rings. The Balaban J connectivity index is 2.47. The summed E-state index contributed by atoms with van der Waals surface area (Å²) in [7, 11) is 1.58. The zero-order valence-corrected chi connectivity index (χ0v) is 11.2. The predicted molar refractivity (Wildman–Crippen MR) is 71.8 cm³/mol. The molecular formula is C12H17ClN2O3. The van der Waals surface area contributed by atoms with Crippen molar-refractivity contribution in [3.63, 3.8) is 0 Å². The van der Waals surface area contributed by atoms with Gasteiger partial charge in [-0.3, -0.25) is 4.79 Å². The number of methoxy groups -OCH3 is 1. The largest absolute Gasteiger partial charge is 0.399 e. The Hall–Kier alpha value is -1.30. The van der Waals surface area contributed by atoms with Crippen molar-refractivity contribution in [2.45, 2.75) is 13.0 Å². The van der Waals surface area contributed by atoms with Gasteiger partial charge in [-0.2, -0.15) is 0 Å². The summed E-state index contributed by atoms with van der Waals surface area (Å²) < 4.78 is 10.2. The number of nitrogens with one attached hydrogen (secondary N) is 1. The molecule has 1 rings (SSSR count). The van der Waals surface area contributed by atoms with Gasteiger partial charge in [-0.1, -0.05) is 11.6 Å². The van der Waals surface area contributed by atoms with Gasteiger partial charge in [-0.25, -0.2) is 0 Å². The molecule has 0 aliphatic carbocycles. The first-order valence-electron chi connectivity index (χ1n) is 5.48. The maximum Gasteiger partial charge on any atom is 0.250 e. The third-order valence-corrected chi connectivity index (χ3v) is 2.49. The lowest BCUT2D eigenvalue weighted by molar-refractivity contribution is -0.123. The summed E-state index contributed by atoms with van der Waals surface area (Å²) in [6.07, 6.45) is -0.142. The minimum atomic E-state index is -0.287. The molecule has 100 valence electrons. The number of carbonyl (C=O) groups is 1. The Labute approximate surface area is 111 Å². The van der Waals surface area contributed by atoms with Gasteiger partial charge < -0.3 is 20.5 Å². The van der Waals surface area contributed by atoms with E-state index >= 15 is 0 Å². The van der Waals surface area contributed by atoms with Crippen LogP contribution in [0.2, 0.25) is 5.02 Å². The first-order valence-corrected chi connectivity index (χ1v) is 5.86. The molecule has 0 heterocycles. The highest BCUT2D eigenvalue weighted by Crippen LogP contribution is 2.23. The molecule has 6 heteroatoms. The summed E-state index contributed by atoms with van der Waals surface area (Å²) in [6, 6.07) is 4.88. The molecule has 5 nitrogen and oxygen atoms in total. The third kappa shape index (κ3) is 4.91. The van der Waals surface area contributed by atoms with Gasteiger partial charge >= 0.3 is 0 Å². The number of hydrogen-bond donors (Lipinski definition) is 2. The van der Waals surface area contributed by atoms with Crippen molar-refractivity contribution in [1.82, 2.24) is 0 Å². The van der Waals surface area contributed by atoms with Crippen LogP contribution < -0.4 is 11.1 Å². The highest BCUT2D eigenvalue weighted by molar-refractivity contribution is 6.33. The van der Waals surface area contributed by atoms with E-state index in [-0.39, 0.29) is 18.6 Å². The summed E-state index contributed by atoms with van der Waals surface area (Å²) in [4.78, 5) is 11.6. The van der Waals surface area contributed by atoms with E-state index in [9.17, 15) is 4.79 Å². The number of carbonyl (C=O) groups excluding carboxylic acids is 1. The van der Waals surface area contributed by atoms with Crippen LogP contribution in [0.3, 0.4) is 0 Å². The first kappa shape index (κ1) is 14.8. The SMILES string of the molecule is COCC(C)OCC(=O)Nc1cc(N)ccc1Cl. The van der Waals surface area contributed by atoms with Crippen molar-refractivity contribution < 1.29 is 14.3 Å². The molecule has 1 unspecified atom stereocenters. The van der Waals surface area contributed by atoms with E-state index in [1.165, 1.54) is 0 Å². The highest BCUT2D eigenvalue weighted by atomic mass is 35.5. The van der Waals surface area contributed by atoms with Gasteiger partial charge in [-0.15, -0.1) is 0 Å². The average Bonchev–Trinajstić information content (AvgIpc) is 2.32. The van der Waals surface area contributed by atoms with Gasteiger partial charge in [0.15, 0.2) is 0 Å². The van der Waals surface area contributed by atoms with Crippen molar-refractivity contribution in [2.75, 3.05) is 31.4 Å². The van der Waals surface area contributed by atoms with E-state index in [2.05, 4.69) is 5.32 Å². The fraction of sp³-hybridized carbons (Fsp3) is 0.417. The lowest BCUT2D eigenvalue weighted by atomic mass is 10.3. The quantitative estimate of drug-likeness (QED) is 0.776. The average molecular weight is 273 g/mol. The van der Waals surface area contributed by atoms with Gasteiger partial charge in [0.05, 0.1) is 23.4 Å². The molecule has 0 radical (unpaired) electrons. The smallest absolute Gasteiger partial charge is 0.250 e. The lowest BCUT2D eigenvalue weighted by Gasteiger charge is -2.12. The molecule has 0 aromatic heterocycles. The number of rotatable bonds is 6. The zero-order valence-electron chi connectivity index (χ0n) is 10.4. The Bertz CT molecular complexity index is 412. The maximum atomic E-state index is 11.6. The van der Waals surface area contributed by atoms with Crippen LogP contribution in [-0.4, -0.2) is 32.3 Å². The maximum absolute atomic E-state index is 11.6.